The first kappa shape index (κ1) is 21.6. The van der Waals surface area contributed by atoms with E-state index in [0.29, 0.717) is 39.7 Å². The topological polar surface area (TPSA) is 126 Å². The summed E-state index contributed by atoms with van der Waals surface area (Å²) in [4.78, 5) is 27.3. The van der Waals surface area contributed by atoms with Crippen LogP contribution in [0, 0.1) is 10.1 Å². The van der Waals surface area contributed by atoms with Gasteiger partial charge >= 0.3 is 5.69 Å². The van der Waals surface area contributed by atoms with Gasteiger partial charge in [-0.05, 0) is 42.5 Å². The van der Waals surface area contributed by atoms with E-state index in [1.54, 1.807) is 56.7 Å². The zero-order valence-corrected chi connectivity index (χ0v) is 17.7. The van der Waals surface area contributed by atoms with Gasteiger partial charge in [0.25, 0.3) is 5.91 Å². The van der Waals surface area contributed by atoms with Gasteiger partial charge in [0.15, 0.2) is 29.4 Å². The minimum atomic E-state index is -0.568. The molecule has 0 saturated carbocycles. The molecule has 1 heterocycles. The van der Waals surface area contributed by atoms with Crippen LogP contribution in [0.25, 0.3) is 22.6 Å². The number of para-hydroxylation sites is 2. The first-order valence-corrected chi connectivity index (χ1v) is 9.77. The maximum Gasteiger partial charge on any atom is 0.310 e. The predicted octanol–water partition coefficient (Wildman–Crippen LogP) is 4.44. The Hall–Kier alpha value is -4.60. The van der Waals surface area contributed by atoms with E-state index in [1.807, 2.05) is 0 Å². The molecule has 0 aliphatic heterocycles. The number of benzene rings is 3. The maximum atomic E-state index is 12.3. The third-order valence-corrected chi connectivity index (χ3v) is 4.72. The summed E-state index contributed by atoms with van der Waals surface area (Å²) < 4.78 is 21.7. The lowest BCUT2D eigenvalue weighted by molar-refractivity contribution is -0.385. The smallest absolute Gasteiger partial charge is 0.310 e. The molecule has 1 N–H and O–H groups in total. The van der Waals surface area contributed by atoms with Gasteiger partial charge in [0, 0.05) is 17.3 Å². The Bertz CT molecular complexity index is 1330. The van der Waals surface area contributed by atoms with Crippen molar-refractivity contribution >= 4 is 28.4 Å². The standard InChI is InChI=1S/C23H19N3O7/c1-30-20-9-7-14(11-21(20)31-2)23-25-16-12-15(8-10-18(16)33-23)24-22(27)13-32-19-6-4-3-5-17(19)26(28)29/h3-12H,13H2,1-2H3,(H,24,27). The van der Waals surface area contributed by atoms with Crippen LogP contribution in [0.4, 0.5) is 11.4 Å². The van der Waals surface area contributed by atoms with E-state index in [-0.39, 0.29) is 11.4 Å². The summed E-state index contributed by atoms with van der Waals surface area (Å²) in [6.07, 6.45) is 0. The molecule has 0 bridgehead atoms. The molecule has 0 atom stereocenters. The molecule has 0 aliphatic rings. The molecule has 3 aromatic carbocycles. The van der Waals surface area contributed by atoms with Crippen molar-refractivity contribution < 1.29 is 28.3 Å². The van der Waals surface area contributed by atoms with Crippen LogP contribution in [-0.2, 0) is 4.79 Å². The number of hydrogen-bond acceptors (Lipinski definition) is 8. The Balaban J connectivity index is 1.48. The fourth-order valence-electron chi connectivity index (χ4n) is 3.17. The van der Waals surface area contributed by atoms with Crippen molar-refractivity contribution in [3.05, 3.63) is 70.8 Å². The lowest BCUT2D eigenvalue weighted by Gasteiger charge is -2.07. The zero-order valence-electron chi connectivity index (χ0n) is 17.7. The number of ether oxygens (including phenoxy) is 3. The highest BCUT2D eigenvalue weighted by molar-refractivity contribution is 5.94. The van der Waals surface area contributed by atoms with Gasteiger partial charge in [0.2, 0.25) is 5.89 Å². The molecule has 4 rings (SSSR count). The summed E-state index contributed by atoms with van der Waals surface area (Å²) in [5.74, 6) is 1.06. The third-order valence-electron chi connectivity index (χ3n) is 4.72. The Morgan fingerprint density at radius 1 is 1.03 bits per heavy atom. The monoisotopic (exact) mass is 449 g/mol. The van der Waals surface area contributed by atoms with E-state index in [9.17, 15) is 14.9 Å². The van der Waals surface area contributed by atoms with Crippen LogP contribution in [0.3, 0.4) is 0 Å². The van der Waals surface area contributed by atoms with Crippen LogP contribution >= 0.6 is 0 Å². The highest BCUT2D eigenvalue weighted by Crippen LogP contribution is 2.33. The SMILES string of the molecule is COc1ccc(-c2nc3cc(NC(=O)COc4ccccc4[N+](=O)[O-])ccc3o2)cc1OC. The van der Waals surface area contributed by atoms with Crippen LogP contribution < -0.4 is 19.5 Å². The van der Waals surface area contributed by atoms with Gasteiger partial charge < -0.3 is 23.9 Å². The molecule has 0 saturated heterocycles. The Morgan fingerprint density at radius 3 is 2.58 bits per heavy atom. The van der Waals surface area contributed by atoms with Crippen molar-refractivity contribution in [1.82, 2.24) is 4.98 Å². The van der Waals surface area contributed by atoms with E-state index in [4.69, 9.17) is 18.6 Å². The van der Waals surface area contributed by atoms with Crippen LogP contribution in [0.1, 0.15) is 0 Å². The lowest BCUT2D eigenvalue weighted by Crippen LogP contribution is -2.20. The number of nitrogens with one attached hydrogen (secondary N) is 1. The Kier molecular flexibility index (Phi) is 6.07. The number of amides is 1. The quantitative estimate of drug-likeness (QED) is 0.309. The fraction of sp³-hybridized carbons (Fsp3) is 0.130. The number of carbonyl (C=O) groups excluding carboxylic acids is 1. The highest BCUT2D eigenvalue weighted by atomic mass is 16.6. The summed E-state index contributed by atoms with van der Waals surface area (Å²) in [7, 11) is 3.10. The normalized spacial score (nSPS) is 10.6. The van der Waals surface area contributed by atoms with E-state index in [0.717, 1.165) is 0 Å². The van der Waals surface area contributed by atoms with Gasteiger partial charge in [-0.15, -0.1) is 0 Å². The van der Waals surface area contributed by atoms with Gasteiger partial charge in [0.05, 0.1) is 19.1 Å². The van der Waals surface area contributed by atoms with Crippen molar-refractivity contribution in [2.24, 2.45) is 0 Å². The molecule has 1 aromatic heterocycles. The van der Waals surface area contributed by atoms with E-state index >= 15 is 0 Å². The lowest BCUT2D eigenvalue weighted by atomic mass is 10.2. The summed E-state index contributed by atoms with van der Waals surface area (Å²) in [6, 6.07) is 16.2. The van der Waals surface area contributed by atoms with Crippen molar-refractivity contribution in [2.45, 2.75) is 0 Å². The van der Waals surface area contributed by atoms with Crippen molar-refractivity contribution in [1.29, 1.82) is 0 Å². The summed E-state index contributed by atoms with van der Waals surface area (Å²) >= 11 is 0. The number of nitrogens with zero attached hydrogens (tertiary/aromatic N) is 2. The molecule has 33 heavy (non-hydrogen) atoms. The van der Waals surface area contributed by atoms with Crippen LogP contribution in [0.2, 0.25) is 0 Å². The van der Waals surface area contributed by atoms with E-state index in [2.05, 4.69) is 10.3 Å². The first-order chi connectivity index (χ1) is 16.0. The molecule has 0 unspecified atom stereocenters. The predicted molar refractivity (Wildman–Crippen MR) is 120 cm³/mol. The molecule has 10 nitrogen and oxygen atoms in total. The Morgan fingerprint density at radius 2 is 1.82 bits per heavy atom. The molecule has 0 fully saturated rings. The second-order valence-corrected chi connectivity index (χ2v) is 6.83. The molecular formula is C23H19N3O7. The molecule has 168 valence electrons. The number of fused-ring (bicyclic) bond motifs is 1. The number of nitro benzene ring substituents is 1. The van der Waals surface area contributed by atoms with Crippen molar-refractivity contribution in [2.75, 3.05) is 26.1 Å². The molecule has 1 amide bonds. The van der Waals surface area contributed by atoms with Gasteiger partial charge in [-0.3, -0.25) is 14.9 Å². The molecule has 4 aromatic rings. The number of nitro groups is 1. The summed E-state index contributed by atoms with van der Waals surface area (Å²) in [5, 5.41) is 13.7. The number of aromatic nitrogens is 1. The maximum absolute atomic E-state index is 12.3. The summed E-state index contributed by atoms with van der Waals surface area (Å²) in [6.45, 7) is -0.390. The van der Waals surface area contributed by atoms with Crippen LogP contribution in [0.15, 0.2) is 65.1 Å². The van der Waals surface area contributed by atoms with Crippen molar-refractivity contribution in [3.63, 3.8) is 0 Å². The zero-order chi connectivity index (χ0) is 23.4. The third kappa shape index (κ3) is 4.69. The van der Waals surface area contributed by atoms with E-state index in [1.165, 1.54) is 18.2 Å². The average molecular weight is 449 g/mol. The number of methoxy groups -OCH3 is 2. The average Bonchev–Trinajstić information content (AvgIpc) is 3.26. The number of rotatable bonds is 8. The second-order valence-electron chi connectivity index (χ2n) is 6.83. The van der Waals surface area contributed by atoms with Gasteiger partial charge in [0.1, 0.15) is 5.52 Å². The number of anilines is 1. The van der Waals surface area contributed by atoms with E-state index < -0.39 is 17.4 Å². The van der Waals surface area contributed by atoms with Crippen LogP contribution in [0.5, 0.6) is 17.2 Å². The second kappa shape index (κ2) is 9.27. The molecule has 0 aliphatic carbocycles. The Labute approximate surface area is 187 Å². The van der Waals surface area contributed by atoms with Gasteiger partial charge in [-0.25, -0.2) is 4.98 Å². The summed E-state index contributed by atoms with van der Waals surface area (Å²) in [5.41, 5.74) is 2.04. The first-order valence-electron chi connectivity index (χ1n) is 9.77. The number of oxazole rings is 1. The molecule has 0 spiro atoms. The van der Waals surface area contributed by atoms with Gasteiger partial charge in [-0.1, -0.05) is 12.1 Å². The molecular weight excluding hydrogens is 430 g/mol. The minimum Gasteiger partial charge on any atom is -0.493 e. The van der Waals surface area contributed by atoms with Crippen molar-refractivity contribution in [3.8, 4) is 28.7 Å². The molecule has 10 heteroatoms. The number of hydrogen-bond donors (Lipinski definition) is 1. The highest BCUT2D eigenvalue weighted by Gasteiger charge is 2.16. The molecule has 0 radical (unpaired) electrons. The fourth-order valence-corrected chi connectivity index (χ4v) is 3.17. The largest absolute Gasteiger partial charge is 0.493 e. The van der Waals surface area contributed by atoms with Crippen LogP contribution in [-0.4, -0.2) is 36.6 Å². The minimum absolute atomic E-state index is 0.0177. The van der Waals surface area contributed by atoms with Gasteiger partial charge in [-0.2, -0.15) is 0 Å². The number of carbonyl (C=O) groups is 1.